The van der Waals surface area contributed by atoms with Crippen LogP contribution in [0.3, 0.4) is 0 Å². The normalized spacial score (nSPS) is 12.3. The Balaban J connectivity index is 2.76. The predicted molar refractivity (Wildman–Crippen MR) is 71.2 cm³/mol. The van der Waals surface area contributed by atoms with Crippen molar-refractivity contribution in [3.8, 4) is 0 Å². The van der Waals surface area contributed by atoms with E-state index in [1.54, 1.807) is 24.3 Å². The lowest BCUT2D eigenvalue weighted by molar-refractivity contribution is -0.131. The van der Waals surface area contributed by atoms with E-state index in [2.05, 4.69) is 5.32 Å². The van der Waals surface area contributed by atoms with Crippen molar-refractivity contribution in [3.05, 3.63) is 35.9 Å². The molecule has 0 aromatic heterocycles. The summed E-state index contributed by atoms with van der Waals surface area (Å²) in [7, 11) is 0. The van der Waals surface area contributed by atoms with Crippen LogP contribution in [0, 0.1) is 5.92 Å². The zero-order valence-corrected chi connectivity index (χ0v) is 10.5. The third-order valence-corrected chi connectivity index (χ3v) is 2.63. The van der Waals surface area contributed by atoms with Gasteiger partial charge in [-0.05, 0) is 30.2 Å². The topological polar surface area (TPSA) is 66.4 Å². The average Bonchev–Trinajstić information content (AvgIpc) is 2.35. The Morgan fingerprint density at radius 1 is 1.44 bits per heavy atom. The van der Waals surface area contributed by atoms with Crippen LogP contribution >= 0.6 is 0 Å². The minimum atomic E-state index is -0.996. The van der Waals surface area contributed by atoms with Crippen LogP contribution in [0.1, 0.15) is 25.8 Å². The van der Waals surface area contributed by atoms with Gasteiger partial charge in [0.25, 0.3) is 0 Å². The Bertz CT molecular complexity index is 466. The first-order valence-electron chi connectivity index (χ1n) is 5.85. The van der Waals surface area contributed by atoms with Gasteiger partial charge in [-0.15, -0.1) is 0 Å². The summed E-state index contributed by atoms with van der Waals surface area (Å²) >= 11 is 0. The quantitative estimate of drug-likeness (QED) is 0.786. The first-order chi connectivity index (χ1) is 8.52. The van der Waals surface area contributed by atoms with Crippen LogP contribution < -0.4 is 5.32 Å². The SMILES string of the molecule is CCC(C)C(=O)Nc1cccc(C=CC(=O)O)c1. The molecule has 1 aromatic rings. The standard InChI is InChI=1S/C14H17NO3/c1-3-10(2)14(18)15-12-6-4-5-11(9-12)7-8-13(16)17/h4-10H,3H2,1-2H3,(H,15,18)(H,16,17). The molecule has 1 unspecified atom stereocenters. The van der Waals surface area contributed by atoms with Crippen molar-refractivity contribution >= 4 is 23.6 Å². The lowest BCUT2D eigenvalue weighted by atomic mass is 10.1. The van der Waals surface area contributed by atoms with Gasteiger partial charge >= 0.3 is 5.97 Å². The van der Waals surface area contributed by atoms with Crippen molar-refractivity contribution in [3.63, 3.8) is 0 Å². The van der Waals surface area contributed by atoms with Gasteiger partial charge < -0.3 is 10.4 Å². The molecule has 1 rings (SSSR count). The molecule has 0 radical (unpaired) electrons. The maximum Gasteiger partial charge on any atom is 0.328 e. The smallest absolute Gasteiger partial charge is 0.328 e. The van der Waals surface area contributed by atoms with E-state index in [1.807, 2.05) is 13.8 Å². The third kappa shape index (κ3) is 4.41. The number of aliphatic carboxylic acids is 1. The molecule has 0 aliphatic carbocycles. The molecule has 0 heterocycles. The monoisotopic (exact) mass is 247 g/mol. The molecule has 0 aliphatic heterocycles. The van der Waals surface area contributed by atoms with Gasteiger partial charge in [0.15, 0.2) is 0 Å². The minimum absolute atomic E-state index is 0.0307. The number of carbonyl (C=O) groups excluding carboxylic acids is 1. The van der Waals surface area contributed by atoms with Gasteiger partial charge in [-0.2, -0.15) is 0 Å². The minimum Gasteiger partial charge on any atom is -0.478 e. The van der Waals surface area contributed by atoms with Gasteiger partial charge in [0.05, 0.1) is 0 Å². The average molecular weight is 247 g/mol. The number of carbonyl (C=O) groups is 2. The number of carboxylic acids is 1. The Morgan fingerprint density at radius 3 is 2.78 bits per heavy atom. The van der Waals surface area contributed by atoms with E-state index in [0.717, 1.165) is 18.1 Å². The summed E-state index contributed by atoms with van der Waals surface area (Å²) in [5, 5.41) is 11.3. The van der Waals surface area contributed by atoms with Gasteiger partial charge in [0, 0.05) is 17.7 Å². The Morgan fingerprint density at radius 2 is 2.17 bits per heavy atom. The van der Waals surface area contributed by atoms with Gasteiger partial charge in [-0.25, -0.2) is 4.79 Å². The number of hydrogen-bond acceptors (Lipinski definition) is 2. The summed E-state index contributed by atoms with van der Waals surface area (Å²) in [4.78, 5) is 22.1. The summed E-state index contributed by atoms with van der Waals surface area (Å²) in [5.74, 6) is -1.07. The Labute approximate surface area is 106 Å². The molecule has 0 spiro atoms. The summed E-state index contributed by atoms with van der Waals surface area (Å²) in [6, 6.07) is 7.06. The molecular weight excluding hydrogens is 230 g/mol. The highest BCUT2D eigenvalue weighted by Gasteiger charge is 2.10. The molecule has 2 N–H and O–H groups in total. The van der Waals surface area contributed by atoms with Gasteiger partial charge in [-0.3, -0.25) is 4.79 Å². The number of carboxylic acid groups (broad SMARTS) is 1. The van der Waals surface area contributed by atoms with Crippen LogP contribution in [0.4, 0.5) is 5.69 Å². The maximum absolute atomic E-state index is 11.7. The molecule has 0 fully saturated rings. The zero-order valence-electron chi connectivity index (χ0n) is 10.5. The highest BCUT2D eigenvalue weighted by molar-refractivity contribution is 5.92. The molecule has 0 aliphatic rings. The van der Waals surface area contributed by atoms with Crippen molar-refractivity contribution in [2.24, 2.45) is 5.92 Å². The van der Waals surface area contributed by atoms with Gasteiger partial charge in [0.1, 0.15) is 0 Å². The number of hydrogen-bond donors (Lipinski definition) is 2. The second-order valence-corrected chi connectivity index (χ2v) is 4.10. The van der Waals surface area contributed by atoms with E-state index in [-0.39, 0.29) is 11.8 Å². The highest BCUT2D eigenvalue weighted by atomic mass is 16.4. The lowest BCUT2D eigenvalue weighted by Crippen LogP contribution is -2.19. The molecule has 1 aromatic carbocycles. The molecule has 4 nitrogen and oxygen atoms in total. The number of amides is 1. The second kappa shape index (κ2) is 6.59. The van der Waals surface area contributed by atoms with E-state index in [4.69, 9.17) is 5.11 Å². The molecule has 96 valence electrons. The molecule has 0 saturated heterocycles. The molecular formula is C14H17NO3. The van der Waals surface area contributed by atoms with Crippen molar-refractivity contribution < 1.29 is 14.7 Å². The molecule has 4 heteroatoms. The van der Waals surface area contributed by atoms with Crippen LogP contribution in [0.2, 0.25) is 0 Å². The van der Waals surface area contributed by atoms with Crippen molar-refractivity contribution in [1.82, 2.24) is 0 Å². The van der Waals surface area contributed by atoms with Crippen LogP contribution in [0.15, 0.2) is 30.3 Å². The summed E-state index contributed by atoms with van der Waals surface area (Å²) in [6.07, 6.45) is 3.33. The van der Waals surface area contributed by atoms with E-state index < -0.39 is 5.97 Å². The fourth-order valence-electron chi connectivity index (χ4n) is 1.34. The molecule has 1 amide bonds. The van der Waals surface area contributed by atoms with E-state index in [0.29, 0.717) is 5.69 Å². The summed E-state index contributed by atoms with van der Waals surface area (Å²) in [6.45, 7) is 3.82. The molecule has 0 bridgehead atoms. The lowest BCUT2D eigenvalue weighted by Gasteiger charge is -2.10. The summed E-state index contributed by atoms with van der Waals surface area (Å²) < 4.78 is 0. The van der Waals surface area contributed by atoms with Crippen LogP contribution in [0.5, 0.6) is 0 Å². The third-order valence-electron chi connectivity index (χ3n) is 2.63. The molecule has 0 saturated carbocycles. The largest absolute Gasteiger partial charge is 0.478 e. The van der Waals surface area contributed by atoms with Crippen molar-refractivity contribution in [1.29, 1.82) is 0 Å². The maximum atomic E-state index is 11.7. The van der Waals surface area contributed by atoms with Crippen molar-refractivity contribution in [2.45, 2.75) is 20.3 Å². The summed E-state index contributed by atoms with van der Waals surface area (Å²) in [5.41, 5.74) is 1.41. The van der Waals surface area contributed by atoms with Gasteiger partial charge in [0.2, 0.25) is 5.91 Å². The molecule has 1 atom stereocenters. The first-order valence-corrected chi connectivity index (χ1v) is 5.85. The molecule has 18 heavy (non-hydrogen) atoms. The fraction of sp³-hybridized carbons (Fsp3) is 0.286. The number of anilines is 1. The van der Waals surface area contributed by atoms with Crippen LogP contribution in [0.25, 0.3) is 6.08 Å². The zero-order chi connectivity index (χ0) is 13.5. The Hall–Kier alpha value is -2.10. The fourth-order valence-corrected chi connectivity index (χ4v) is 1.34. The highest BCUT2D eigenvalue weighted by Crippen LogP contribution is 2.14. The number of nitrogens with one attached hydrogen (secondary N) is 1. The van der Waals surface area contributed by atoms with Crippen molar-refractivity contribution in [2.75, 3.05) is 5.32 Å². The second-order valence-electron chi connectivity index (χ2n) is 4.10. The predicted octanol–water partition coefficient (Wildman–Crippen LogP) is 2.77. The van der Waals surface area contributed by atoms with E-state index in [1.165, 1.54) is 6.08 Å². The van der Waals surface area contributed by atoms with Crippen LogP contribution in [-0.2, 0) is 9.59 Å². The van der Waals surface area contributed by atoms with Gasteiger partial charge in [-0.1, -0.05) is 26.0 Å². The van der Waals surface area contributed by atoms with E-state index >= 15 is 0 Å². The number of benzene rings is 1. The van der Waals surface area contributed by atoms with E-state index in [9.17, 15) is 9.59 Å². The first kappa shape index (κ1) is 14.0. The Kier molecular flexibility index (Phi) is 5.11. The number of rotatable bonds is 5. The van der Waals surface area contributed by atoms with Crippen LogP contribution in [-0.4, -0.2) is 17.0 Å².